The lowest BCUT2D eigenvalue weighted by molar-refractivity contribution is 0.669. The summed E-state index contributed by atoms with van der Waals surface area (Å²) in [6, 6.07) is 94.6. The fourth-order valence-electron chi connectivity index (χ4n) is 11.0. The molecule has 0 amide bonds. The van der Waals surface area contributed by atoms with Crippen LogP contribution in [0.5, 0.6) is 0 Å². The third kappa shape index (κ3) is 7.30. The molecule has 0 spiro atoms. The van der Waals surface area contributed by atoms with Gasteiger partial charge in [0.15, 0.2) is 0 Å². The molecule has 0 radical (unpaired) electrons. The van der Waals surface area contributed by atoms with Gasteiger partial charge in [-0.25, -0.2) is 0 Å². The number of para-hydroxylation sites is 3. The normalized spacial score (nSPS) is 12.2. The number of benzene rings is 11. The van der Waals surface area contributed by atoms with E-state index >= 15 is 0 Å². The molecule has 0 N–H and O–H groups in total. The van der Waals surface area contributed by atoms with Gasteiger partial charge in [0.05, 0.1) is 11.0 Å². The molecule has 0 saturated carbocycles. The Morgan fingerprint density at radius 2 is 0.764 bits per heavy atom. The van der Waals surface area contributed by atoms with Crippen LogP contribution in [-0.4, -0.2) is 4.57 Å². The second-order valence-corrected chi connectivity index (χ2v) is 18.9. The number of aromatic nitrogens is 1. The van der Waals surface area contributed by atoms with Crippen molar-refractivity contribution in [1.82, 2.24) is 4.57 Å². The van der Waals surface area contributed by atoms with E-state index in [1.165, 1.54) is 94.3 Å². The number of nitrogens with zero attached hydrogens (tertiary/aromatic N) is 2. The molecule has 0 bridgehead atoms. The second-order valence-electron chi connectivity index (χ2n) is 18.9. The molecule has 0 fully saturated rings. The molecule has 2 heterocycles. The van der Waals surface area contributed by atoms with E-state index in [0.29, 0.717) is 0 Å². The lowest BCUT2D eigenvalue weighted by Crippen LogP contribution is -2.10. The van der Waals surface area contributed by atoms with Crippen LogP contribution in [0.15, 0.2) is 265 Å². The first-order valence-electron chi connectivity index (χ1n) is 24.8. The Morgan fingerprint density at radius 3 is 1.39 bits per heavy atom. The largest absolute Gasteiger partial charge is 0.456 e. The van der Waals surface area contributed by atoms with Gasteiger partial charge in [-0.3, -0.25) is 0 Å². The molecule has 11 aromatic carbocycles. The average Bonchev–Trinajstić information content (AvgIpc) is 4.16. The summed E-state index contributed by atoms with van der Waals surface area (Å²) in [6.07, 6.45) is 3.29. The number of hydrogen-bond donors (Lipinski definition) is 0. The van der Waals surface area contributed by atoms with E-state index in [2.05, 4.69) is 264 Å². The summed E-state index contributed by atoms with van der Waals surface area (Å²) in [5, 5.41) is 4.80. The zero-order chi connectivity index (χ0) is 47.5. The Bertz CT molecular complexity index is 4180. The summed E-state index contributed by atoms with van der Waals surface area (Å²) in [6.45, 7) is 0. The zero-order valence-electron chi connectivity index (χ0n) is 39.4. The van der Waals surface area contributed by atoms with Gasteiger partial charge in [-0.1, -0.05) is 182 Å². The van der Waals surface area contributed by atoms with Crippen molar-refractivity contribution in [1.29, 1.82) is 0 Å². The van der Waals surface area contributed by atoms with Gasteiger partial charge in [0, 0.05) is 44.3 Å². The van der Waals surface area contributed by atoms with Gasteiger partial charge in [-0.15, -0.1) is 0 Å². The summed E-state index contributed by atoms with van der Waals surface area (Å²) in [5.41, 5.74) is 23.5. The van der Waals surface area contributed by atoms with Gasteiger partial charge in [0.1, 0.15) is 11.2 Å². The van der Waals surface area contributed by atoms with Crippen LogP contribution in [0.2, 0.25) is 0 Å². The van der Waals surface area contributed by atoms with Crippen LogP contribution in [0.4, 0.5) is 17.1 Å². The third-order valence-electron chi connectivity index (χ3n) is 14.7. The fourth-order valence-corrected chi connectivity index (χ4v) is 11.0. The van der Waals surface area contributed by atoms with Crippen LogP contribution in [0.3, 0.4) is 0 Å². The molecule has 3 nitrogen and oxygen atoms in total. The van der Waals surface area contributed by atoms with E-state index in [1.54, 1.807) is 0 Å². The number of rotatable bonds is 9. The van der Waals surface area contributed by atoms with E-state index in [1.807, 2.05) is 12.1 Å². The predicted octanol–water partition coefficient (Wildman–Crippen LogP) is 18.9. The Kier molecular flexibility index (Phi) is 9.92. The van der Waals surface area contributed by atoms with Crippen LogP contribution in [0, 0.1) is 0 Å². The van der Waals surface area contributed by atoms with Crippen molar-refractivity contribution in [2.45, 2.75) is 6.42 Å². The minimum absolute atomic E-state index is 0.912. The number of furan rings is 1. The SMILES string of the molecule is C1=C(c2ccc(N(c3ccc(-c4ccc(-c5ccc6oc7ccccc7c6c5)cc4)cc3)c3ccc(-c4ccc(-c5ccc6c(c5)c5ccccc5n6-c5ccccc5)cc4)cc3)cc2)Cc2ccccc21. The Labute approximate surface area is 418 Å². The summed E-state index contributed by atoms with van der Waals surface area (Å²) in [5.74, 6) is 0. The van der Waals surface area contributed by atoms with Gasteiger partial charge in [-0.2, -0.15) is 0 Å². The second kappa shape index (κ2) is 17.2. The summed E-state index contributed by atoms with van der Waals surface area (Å²) in [7, 11) is 0. The summed E-state index contributed by atoms with van der Waals surface area (Å²) < 4.78 is 8.47. The first kappa shape index (κ1) is 41.5. The highest BCUT2D eigenvalue weighted by Gasteiger charge is 2.18. The van der Waals surface area contributed by atoms with Crippen molar-refractivity contribution in [3.8, 4) is 50.2 Å². The van der Waals surface area contributed by atoms with Crippen LogP contribution in [0.1, 0.15) is 16.7 Å². The molecule has 0 unspecified atom stereocenters. The highest BCUT2D eigenvalue weighted by Crippen LogP contribution is 2.41. The van der Waals surface area contributed by atoms with Gasteiger partial charge < -0.3 is 13.9 Å². The van der Waals surface area contributed by atoms with Crippen LogP contribution >= 0.6 is 0 Å². The van der Waals surface area contributed by atoms with E-state index in [4.69, 9.17) is 4.42 Å². The quantitative estimate of drug-likeness (QED) is 0.144. The number of anilines is 3. The van der Waals surface area contributed by atoms with E-state index in [0.717, 1.165) is 45.4 Å². The molecular weight excluding hydrogens is 873 g/mol. The summed E-state index contributed by atoms with van der Waals surface area (Å²) in [4.78, 5) is 2.36. The van der Waals surface area contributed by atoms with Crippen molar-refractivity contribution >= 4 is 72.5 Å². The molecular formula is C69H46N2O. The lowest BCUT2D eigenvalue weighted by atomic mass is 9.98. The van der Waals surface area contributed by atoms with E-state index in [-0.39, 0.29) is 0 Å². The monoisotopic (exact) mass is 918 g/mol. The van der Waals surface area contributed by atoms with Crippen molar-refractivity contribution in [2.24, 2.45) is 0 Å². The molecule has 14 rings (SSSR count). The average molecular weight is 919 g/mol. The maximum absolute atomic E-state index is 6.10. The highest BCUT2D eigenvalue weighted by molar-refractivity contribution is 6.10. The fraction of sp³-hybridized carbons (Fsp3) is 0.0145. The molecule has 1 aliphatic rings. The molecule has 72 heavy (non-hydrogen) atoms. The van der Waals surface area contributed by atoms with Crippen LogP contribution in [-0.2, 0) is 6.42 Å². The van der Waals surface area contributed by atoms with E-state index < -0.39 is 0 Å². The first-order valence-corrected chi connectivity index (χ1v) is 24.8. The van der Waals surface area contributed by atoms with Crippen LogP contribution < -0.4 is 4.90 Å². The number of fused-ring (bicyclic) bond motifs is 7. The number of allylic oxidation sites excluding steroid dienone is 1. The molecule has 0 saturated heterocycles. The smallest absolute Gasteiger partial charge is 0.135 e. The topological polar surface area (TPSA) is 21.3 Å². The Hall–Kier alpha value is -9.44. The van der Waals surface area contributed by atoms with Crippen LogP contribution in [0.25, 0.3) is 106 Å². The third-order valence-corrected chi connectivity index (χ3v) is 14.7. The van der Waals surface area contributed by atoms with E-state index in [9.17, 15) is 0 Å². The van der Waals surface area contributed by atoms with Crippen molar-refractivity contribution < 1.29 is 4.42 Å². The van der Waals surface area contributed by atoms with Gasteiger partial charge in [0.25, 0.3) is 0 Å². The maximum atomic E-state index is 6.10. The molecule has 3 heteroatoms. The molecule has 0 atom stereocenters. The minimum Gasteiger partial charge on any atom is -0.456 e. The zero-order valence-corrected chi connectivity index (χ0v) is 39.4. The molecule has 13 aromatic rings. The Balaban J connectivity index is 0.756. The summed E-state index contributed by atoms with van der Waals surface area (Å²) >= 11 is 0. The first-order chi connectivity index (χ1) is 35.6. The molecule has 2 aromatic heterocycles. The maximum Gasteiger partial charge on any atom is 0.135 e. The van der Waals surface area contributed by atoms with Crippen molar-refractivity contribution in [3.05, 3.63) is 278 Å². The Morgan fingerprint density at radius 1 is 0.319 bits per heavy atom. The highest BCUT2D eigenvalue weighted by atomic mass is 16.3. The van der Waals surface area contributed by atoms with Gasteiger partial charge in [-0.05, 0) is 158 Å². The number of hydrogen-bond acceptors (Lipinski definition) is 2. The lowest BCUT2D eigenvalue weighted by Gasteiger charge is -2.26. The minimum atomic E-state index is 0.912. The van der Waals surface area contributed by atoms with Crippen molar-refractivity contribution in [2.75, 3.05) is 4.90 Å². The van der Waals surface area contributed by atoms with Gasteiger partial charge in [0.2, 0.25) is 0 Å². The van der Waals surface area contributed by atoms with Crippen molar-refractivity contribution in [3.63, 3.8) is 0 Å². The molecule has 1 aliphatic carbocycles. The molecule has 338 valence electrons. The standard InChI is InChI=1S/C69H46N2O/c1-2-12-58(13-3-1)71-66-16-8-6-14-62(66)64-44-55(32-40-67(64)71)50-22-18-46(19-23-50)48-26-34-59(35-27-48)70(61-38-30-52(31-39-61)57-42-53-10-4-5-11-54(53)43-57)60-36-28-49(29-37-60)47-20-24-51(25-21-47)56-33-41-69-65(45-56)63-15-7-9-17-68(63)72-69/h1-42,44-45H,43H2. The molecule has 0 aliphatic heterocycles. The predicted molar refractivity (Wildman–Crippen MR) is 303 cm³/mol. The van der Waals surface area contributed by atoms with Gasteiger partial charge >= 0.3 is 0 Å².